The minimum absolute atomic E-state index is 0.0426. The molecule has 1 saturated heterocycles. The van der Waals surface area contributed by atoms with E-state index in [9.17, 15) is 19.7 Å². The topological polar surface area (TPSA) is 130 Å². The number of nitrogens with zero attached hydrogens (tertiary/aromatic N) is 4. The fraction of sp³-hybridized carbons (Fsp3) is 0.308. The number of pyridine rings is 2. The maximum absolute atomic E-state index is 13.1. The van der Waals surface area contributed by atoms with Gasteiger partial charge in [-0.25, -0.2) is 0 Å². The van der Waals surface area contributed by atoms with Crippen LogP contribution in [0.3, 0.4) is 0 Å². The number of rotatable bonds is 8. The van der Waals surface area contributed by atoms with Crippen molar-refractivity contribution in [1.29, 1.82) is 0 Å². The number of nitro benzene ring substituents is 1. The van der Waals surface area contributed by atoms with E-state index in [1.165, 1.54) is 6.07 Å². The predicted molar refractivity (Wildman–Crippen MR) is 134 cm³/mol. The summed E-state index contributed by atoms with van der Waals surface area (Å²) in [6, 6.07) is 13.4. The van der Waals surface area contributed by atoms with Gasteiger partial charge in [0.15, 0.2) is 0 Å². The maximum Gasteiger partial charge on any atom is 0.293 e. The minimum Gasteiger partial charge on any atom is -0.371 e. The Morgan fingerprint density at radius 3 is 2.61 bits per heavy atom. The molecule has 4 rings (SSSR count). The number of piperidine rings is 1. The molecule has 1 atom stereocenters. The van der Waals surface area contributed by atoms with E-state index in [0.717, 1.165) is 11.3 Å². The minimum atomic E-state index is -0.497. The summed E-state index contributed by atoms with van der Waals surface area (Å²) in [6.45, 7) is 3.10. The normalized spacial score (nSPS) is 14.6. The van der Waals surface area contributed by atoms with Gasteiger partial charge in [-0.1, -0.05) is 12.1 Å². The van der Waals surface area contributed by atoms with Crippen molar-refractivity contribution in [3.63, 3.8) is 0 Å². The smallest absolute Gasteiger partial charge is 0.293 e. The molecule has 3 aromatic rings. The lowest BCUT2D eigenvalue weighted by Gasteiger charge is -2.31. The highest BCUT2D eigenvalue weighted by Gasteiger charge is 2.29. The first kappa shape index (κ1) is 24.8. The van der Waals surface area contributed by atoms with Gasteiger partial charge in [0, 0.05) is 55.8 Å². The van der Waals surface area contributed by atoms with Gasteiger partial charge in [-0.05, 0) is 55.7 Å². The van der Waals surface area contributed by atoms with Crippen molar-refractivity contribution in [3.05, 3.63) is 94.1 Å². The summed E-state index contributed by atoms with van der Waals surface area (Å²) in [4.78, 5) is 46.8. The molecular formula is C26H28N6O4. The molecule has 2 aromatic heterocycles. The number of nitro groups is 1. The summed E-state index contributed by atoms with van der Waals surface area (Å²) < 4.78 is 0. The molecule has 186 valence electrons. The molecule has 10 nitrogen and oxygen atoms in total. The molecule has 36 heavy (non-hydrogen) atoms. The van der Waals surface area contributed by atoms with Crippen molar-refractivity contribution in [1.82, 2.24) is 20.2 Å². The van der Waals surface area contributed by atoms with Gasteiger partial charge in [-0.2, -0.15) is 0 Å². The SMILES string of the molecule is CC(Nc1ccc(C(=O)N2CCC(C(=O)NCc3cccnc3)CC2)cc1[N+](=O)[O-])c1ccccn1. The Labute approximate surface area is 208 Å². The number of aromatic nitrogens is 2. The number of carbonyl (C=O) groups is 2. The molecule has 1 aliphatic rings. The number of hydrogen-bond donors (Lipinski definition) is 2. The molecule has 1 aromatic carbocycles. The van der Waals surface area contributed by atoms with Gasteiger partial charge in [-0.3, -0.25) is 29.7 Å². The lowest BCUT2D eigenvalue weighted by atomic mass is 9.95. The Kier molecular flexibility index (Phi) is 7.84. The molecule has 1 fully saturated rings. The van der Waals surface area contributed by atoms with Crippen LogP contribution < -0.4 is 10.6 Å². The Balaban J connectivity index is 1.36. The molecule has 3 heterocycles. The van der Waals surface area contributed by atoms with Crippen LogP contribution in [0.25, 0.3) is 0 Å². The molecule has 0 spiro atoms. The predicted octanol–water partition coefficient (Wildman–Crippen LogP) is 3.73. The van der Waals surface area contributed by atoms with Crippen molar-refractivity contribution < 1.29 is 14.5 Å². The van der Waals surface area contributed by atoms with Gasteiger partial charge in [0.1, 0.15) is 5.69 Å². The van der Waals surface area contributed by atoms with Crippen LogP contribution >= 0.6 is 0 Å². The third-order valence-corrected chi connectivity index (χ3v) is 6.29. The van der Waals surface area contributed by atoms with Crippen LogP contribution in [0.15, 0.2) is 67.1 Å². The van der Waals surface area contributed by atoms with Crippen LogP contribution in [0.5, 0.6) is 0 Å². The largest absolute Gasteiger partial charge is 0.371 e. The molecule has 2 amide bonds. The van der Waals surface area contributed by atoms with Crippen molar-refractivity contribution in [3.8, 4) is 0 Å². The quantitative estimate of drug-likeness (QED) is 0.365. The van der Waals surface area contributed by atoms with E-state index in [1.807, 2.05) is 31.2 Å². The number of carbonyl (C=O) groups excluding carboxylic acids is 2. The number of amides is 2. The van der Waals surface area contributed by atoms with Crippen LogP contribution in [0, 0.1) is 16.0 Å². The third-order valence-electron chi connectivity index (χ3n) is 6.29. The molecule has 0 radical (unpaired) electrons. The monoisotopic (exact) mass is 488 g/mol. The summed E-state index contributed by atoms with van der Waals surface area (Å²) in [5.74, 6) is -0.504. The van der Waals surface area contributed by atoms with Crippen LogP contribution in [0.4, 0.5) is 11.4 Å². The Morgan fingerprint density at radius 1 is 1.14 bits per heavy atom. The first-order valence-corrected chi connectivity index (χ1v) is 11.8. The van der Waals surface area contributed by atoms with E-state index < -0.39 is 4.92 Å². The molecule has 2 N–H and O–H groups in total. The molecule has 0 aliphatic carbocycles. The summed E-state index contributed by atoms with van der Waals surface area (Å²) in [7, 11) is 0. The fourth-order valence-electron chi connectivity index (χ4n) is 4.24. The average Bonchev–Trinajstić information content (AvgIpc) is 2.92. The van der Waals surface area contributed by atoms with E-state index in [-0.39, 0.29) is 35.0 Å². The zero-order valence-electron chi connectivity index (χ0n) is 20.0. The van der Waals surface area contributed by atoms with E-state index in [1.54, 1.807) is 41.7 Å². The second-order valence-electron chi connectivity index (χ2n) is 8.76. The highest BCUT2D eigenvalue weighted by Crippen LogP contribution is 2.30. The molecule has 1 unspecified atom stereocenters. The lowest BCUT2D eigenvalue weighted by Crippen LogP contribution is -2.43. The summed E-state index contributed by atoms with van der Waals surface area (Å²) >= 11 is 0. The van der Waals surface area contributed by atoms with Gasteiger partial charge in [-0.15, -0.1) is 0 Å². The fourth-order valence-corrected chi connectivity index (χ4v) is 4.24. The molecule has 1 aliphatic heterocycles. The Hall–Kier alpha value is -4.34. The van der Waals surface area contributed by atoms with Crippen molar-refractivity contribution in [2.45, 2.75) is 32.4 Å². The summed E-state index contributed by atoms with van der Waals surface area (Å²) in [5.41, 5.74) is 2.07. The van der Waals surface area contributed by atoms with E-state index in [4.69, 9.17) is 0 Å². The molecule has 10 heteroatoms. The number of benzene rings is 1. The summed E-state index contributed by atoms with van der Waals surface area (Å²) in [5, 5.41) is 17.8. The average molecular weight is 489 g/mol. The maximum atomic E-state index is 13.1. The third kappa shape index (κ3) is 6.01. The van der Waals surface area contributed by atoms with Gasteiger partial charge < -0.3 is 15.5 Å². The molecular weight excluding hydrogens is 460 g/mol. The van der Waals surface area contributed by atoms with Crippen molar-refractivity contribution in [2.75, 3.05) is 18.4 Å². The van der Waals surface area contributed by atoms with Crippen molar-refractivity contribution in [2.24, 2.45) is 5.92 Å². The number of anilines is 1. The number of hydrogen-bond acceptors (Lipinski definition) is 7. The number of nitrogens with one attached hydrogen (secondary N) is 2. The highest BCUT2D eigenvalue weighted by atomic mass is 16.6. The second kappa shape index (κ2) is 11.4. The van der Waals surface area contributed by atoms with Gasteiger partial charge in [0.05, 0.1) is 16.7 Å². The van der Waals surface area contributed by atoms with E-state index in [0.29, 0.717) is 38.2 Å². The zero-order chi connectivity index (χ0) is 25.5. The first-order valence-electron chi connectivity index (χ1n) is 11.8. The Bertz CT molecular complexity index is 1210. The van der Waals surface area contributed by atoms with Crippen LogP contribution in [0.1, 0.15) is 47.4 Å². The van der Waals surface area contributed by atoms with Gasteiger partial charge >= 0.3 is 0 Å². The Morgan fingerprint density at radius 2 is 1.94 bits per heavy atom. The van der Waals surface area contributed by atoms with Crippen molar-refractivity contribution >= 4 is 23.2 Å². The summed E-state index contributed by atoms with van der Waals surface area (Å²) in [6.07, 6.45) is 6.12. The van der Waals surface area contributed by atoms with E-state index >= 15 is 0 Å². The standard InChI is InChI=1S/C26H28N6O4/c1-18(22-6-2-3-12-28-22)30-23-8-7-21(15-24(23)32(35)36)26(34)31-13-9-20(10-14-31)25(33)29-17-19-5-4-11-27-16-19/h2-8,11-12,15-16,18,20,30H,9-10,13-14,17H2,1H3,(H,29,33). The zero-order valence-corrected chi connectivity index (χ0v) is 20.0. The highest BCUT2D eigenvalue weighted by molar-refractivity contribution is 5.96. The van der Waals surface area contributed by atoms with Gasteiger partial charge in [0.25, 0.3) is 11.6 Å². The van der Waals surface area contributed by atoms with Crippen LogP contribution in [-0.4, -0.2) is 44.7 Å². The van der Waals surface area contributed by atoms with Crippen LogP contribution in [0.2, 0.25) is 0 Å². The van der Waals surface area contributed by atoms with Crippen LogP contribution in [-0.2, 0) is 11.3 Å². The molecule has 0 bridgehead atoms. The number of likely N-dealkylation sites (tertiary alicyclic amines) is 1. The second-order valence-corrected chi connectivity index (χ2v) is 8.76. The van der Waals surface area contributed by atoms with E-state index in [2.05, 4.69) is 20.6 Å². The lowest BCUT2D eigenvalue weighted by molar-refractivity contribution is -0.384. The van der Waals surface area contributed by atoms with Gasteiger partial charge in [0.2, 0.25) is 5.91 Å². The molecule has 0 saturated carbocycles. The first-order chi connectivity index (χ1) is 17.4.